The van der Waals surface area contributed by atoms with Gasteiger partial charge in [-0.05, 0) is 40.1 Å². The number of hydrogen-bond acceptors (Lipinski definition) is 3. The van der Waals surface area contributed by atoms with Crippen molar-refractivity contribution in [3.8, 4) is 5.75 Å². The van der Waals surface area contributed by atoms with Gasteiger partial charge in [0, 0.05) is 12.1 Å². The van der Waals surface area contributed by atoms with Crippen LogP contribution in [-0.4, -0.2) is 18.5 Å². The highest BCUT2D eigenvalue weighted by Gasteiger charge is 2.05. The molecule has 1 aromatic carbocycles. The zero-order valence-electron chi connectivity index (χ0n) is 9.53. The quantitative estimate of drug-likeness (QED) is 0.804. The van der Waals surface area contributed by atoms with Gasteiger partial charge in [-0.2, -0.15) is 0 Å². The first kappa shape index (κ1) is 13.5. The van der Waals surface area contributed by atoms with Gasteiger partial charge < -0.3 is 15.1 Å². The Balaban J connectivity index is 2.61. The smallest absolute Gasteiger partial charge is 0.410 e. The zero-order chi connectivity index (χ0) is 12.7. The molecule has 1 rings (SSSR count). The van der Waals surface area contributed by atoms with Crippen molar-refractivity contribution >= 4 is 21.4 Å². The van der Waals surface area contributed by atoms with Gasteiger partial charge in [0.1, 0.15) is 5.75 Å². The fourth-order valence-corrected chi connectivity index (χ4v) is 1.21. The Labute approximate surface area is 102 Å². The normalized spacial score (nSPS) is 9.53. The van der Waals surface area contributed by atoms with Crippen molar-refractivity contribution in [1.29, 1.82) is 0 Å². The number of amides is 2. The van der Waals surface area contributed by atoms with E-state index in [-0.39, 0.29) is 5.91 Å². The van der Waals surface area contributed by atoms with Crippen molar-refractivity contribution in [3.63, 3.8) is 0 Å². The average molecular weight is 254 g/mol. The molecule has 0 aliphatic carbocycles. The highest BCUT2D eigenvalue weighted by molar-refractivity contribution is 7.15. The molecule has 0 heterocycles. The average Bonchev–Trinajstić information content (AvgIpc) is 2.36. The van der Waals surface area contributed by atoms with Crippen molar-refractivity contribution in [2.24, 2.45) is 0 Å². The summed E-state index contributed by atoms with van der Waals surface area (Å²) in [7, 11) is 2.04. The summed E-state index contributed by atoms with van der Waals surface area (Å²) in [5.74, 6) is 0.255. The topological polar surface area (TPSA) is 67.4 Å². The van der Waals surface area contributed by atoms with Crippen LogP contribution in [0.15, 0.2) is 24.3 Å². The lowest BCUT2D eigenvalue weighted by atomic mass is 10.2. The zero-order valence-corrected chi connectivity index (χ0v) is 10.7. The van der Waals surface area contributed by atoms with Gasteiger partial charge in [-0.25, -0.2) is 4.79 Å². The van der Waals surface area contributed by atoms with Crippen LogP contribution in [0.5, 0.6) is 5.75 Å². The second-order valence-corrected chi connectivity index (χ2v) is 3.60. The van der Waals surface area contributed by atoms with E-state index in [4.69, 9.17) is 4.74 Å². The van der Waals surface area contributed by atoms with E-state index >= 15 is 0 Å². The summed E-state index contributed by atoms with van der Waals surface area (Å²) in [5.41, 5.74) is 0.539. The van der Waals surface area contributed by atoms with E-state index in [2.05, 4.69) is 10.4 Å². The van der Waals surface area contributed by atoms with Gasteiger partial charge in [-0.3, -0.25) is 4.79 Å². The molecule has 2 N–H and O–H groups in total. The molecule has 0 spiro atoms. The maximum Gasteiger partial charge on any atom is 0.415 e. The lowest BCUT2D eigenvalue weighted by Crippen LogP contribution is -2.23. The number of carbonyl (C=O) groups is 2. The van der Waals surface area contributed by atoms with E-state index in [0.717, 1.165) is 6.42 Å². The molecule has 1 atom stereocenters. The first-order valence-corrected chi connectivity index (χ1v) is 5.81. The number of carbonyl (C=O) groups excluding carboxylic acids is 2. The molecule has 1 aromatic rings. The van der Waals surface area contributed by atoms with E-state index in [9.17, 15) is 9.59 Å². The molecule has 92 valence electrons. The Hall–Kier alpha value is -1.61. The number of hydrogen-bond donors (Lipinski definition) is 2. The highest BCUT2D eigenvalue weighted by Crippen LogP contribution is 2.12. The predicted molar refractivity (Wildman–Crippen MR) is 67.9 cm³/mol. The standard InChI is InChI=1S/C11H15N2O3P/c1-2-7-12-10(14)8-3-5-9(6-4-8)16-11(15)13-17/h3-6H,2,7,17H2,1H3,(H,12,14)(H,13,15). The van der Waals surface area contributed by atoms with Gasteiger partial charge >= 0.3 is 6.09 Å². The molecule has 0 aliphatic rings. The summed E-state index contributed by atoms with van der Waals surface area (Å²) in [5, 5.41) is 5.01. The Morgan fingerprint density at radius 2 is 1.94 bits per heavy atom. The van der Waals surface area contributed by atoms with Crippen LogP contribution in [0, 0.1) is 0 Å². The molecular weight excluding hydrogens is 239 g/mol. The number of nitrogens with one attached hydrogen (secondary N) is 2. The summed E-state index contributed by atoms with van der Waals surface area (Å²) >= 11 is 0. The predicted octanol–water partition coefficient (Wildman–Crippen LogP) is 1.70. The Kier molecular flexibility index (Phi) is 5.43. The van der Waals surface area contributed by atoms with Crippen LogP contribution in [0.4, 0.5) is 4.79 Å². The SMILES string of the molecule is CCCNC(=O)c1ccc(OC(=O)NP)cc1. The van der Waals surface area contributed by atoms with Crippen LogP contribution in [-0.2, 0) is 0 Å². The van der Waals surface area contributed by atoms with Crippen molar-refractivity contribution in [1.82, 2.24) is 10.4 Å². The summed E-state index contributed by atoms with van der Waals surface area (Å²) in [4.78, 5) is 22.5. The van der Waals surface area contributed by atoms with Crippen LogP contribution >= 0.6 is 9.39 Å². The van der Waals surface area contributed by atoms with Crippen LogP contribution in [0.3, 0.4) is 0 Å². The third kappa shape index (κ3) is 4.41. The molecule has 0 saturated carbocycles. The van der Waals surface area contributed by atoms with Crippen LogP contribution in [0.1, 0.15) is 23.7 Å². The number of ether oxygens (including phenoxy) is 1. The fourth-order valence-electron chi connectivity index (χ4n) is 1.15. The van der Waals surface area contributed by atoms with E-state index in [1.807, 2.05) is 16.3 Å². The van der Waals surface area contributed by atoms with Gasteiger partial charge in [0.2, 0.25) is 0 Å². The molecule has 0 fully saturated rings. The van der Waals surface area contributed by atoms with E-state index in [0.29, 0.717) is 17.9 Å². The third-order valence-electron chi connectivity index (χ3n) is 1.98. The molecule has 0 radical (unpaired) electrons. The first-order valence-electron chi connectivity index (χ1n) is 5.24. The first-order chi connectivity index (χ1) is 8.17. The van der Waals surface area contributed by atoms with E-state index in [1.54, 1.807) is 24.3 Å². The highest BCUT2D eigenvalue weighted by atomic mass is 31.0. The number of benzene rings is 1. The van der Waals surface area contributed by atoms with Crippen LogP contribution < -0.4 is 15.1 Å². The number of rotatable bonds is 4. The summed E-state index contributed by atoms with van der Waals surface area (Å²) in [6.45, 7) is 2.63. The van der Waals surface area contributed by atoms with Gasteiger partial charge in [0.25, 0.3) is 5.91 Å². The molecule has 17 heavy (non-hydrogen) atoms. The summed E-state index contributed by atoms with van der Waals surface area (Å²) in [6, 6.07) is 6.36. The fraction of sp³-hybridized carbons (Fsp3) is 0.273. The Morgan fingerprint density at radius 3 is 2.47 bits per heavy atom. The van der Waals surface area contributed by atoms with Gasteiger partial charge in [-0.15, -0.1) is 0 Å². The van der Waals surface area contributed by atoms with E-state index in [1.165, 1.54) is 0 Å². The molecule has 0 aromatic heterocycles. The summed E-state index contributed by atoms with van der Waals surface area (Å²) < 4.78 is 4.88. The molecule has 0 aliphatic heterocycles. The van der Waals surface area contributed by atoms with Crippen LogP contribution in [0.25, 0.3) is 0 Å². The molecule has 0 saturated heterocycles. The van der Waals surface area contributed by atoms with Gasteiger partial charge in [0.05, 0.1) is 0 Å². The monoisotopic (exact) mass is 254 g/mol. The molecule has 5 nitrogen and oxygen atoms in total. The van der Waals surface area contributed by atoms with E-state index < -0.39 is 6.09 Å². The minimum absolute atomic E-state index is 0.131. The maximum absolute atomic E-state index is 11.6. The van der Waals surface area contributed by atoms with Gasteiger partial charge in [-0.1, -0.05) is 6.92 Å². The van der Waals surface area contributed by atoms with Crippen molar-refractivity contribution in [2.75, 3.05) is 6.54 Å². The Morgan fingerprint density at radius 1 is 1.29 bits per heavy atom. The minimum Gasteiger partial charge on any atom is -0.410 e. The van der Waals surface area contributed by atoms with Crippen molar-refractivity contribution in [2.45, 2.75) is 13.3 Å². The molecule has 6 heteroatoms. The lowest BCUT2D eigenvalue weighted by Gasteiger charge is -2.05. The van der Waals surface area contributed by atoms with Crippen LogP contribution in [0.2, 0.25) is 0 Å². The molecule has 0 bridgehead atoms. The molecule has 1 unspecified atom stereocenters. The molecular formula is C11H15N2O3P. The van der Waals surface area contributed by atoms with Crippen molar-refractivity contribution < 1.29 is 14.3 Å². The maximum atomic E-state index is 11.6. The molecule has 2 amide bonds. The largest absolute Gasteiger partial charge is 0.415 e. The third-order valence-corrected chi connectivity index (χ3v) is 2.22. The second-order valence-electron chi connectivity index (χ2n) is 3.31. The second kappa shape index (κ2) is 6.86. The minimum atomic E-state index is -0.571. The van der Waals surface area contributed by atoms with Crippen molar-refractivity contribution in [3.05, 3.63) is 29.8 Å². The Bertz CT molecular complexity index is 392. The summed E-state index contributed by atoms with van der Waals surface area (Å²) in [6.07, 6.45) is 0.319. The van der Waals surface area contributed by atoms with Gasteiger partial charge in [0.15, 0.2) is 0 Å². The lowest BCUT2D eigenvalue weighted by molar-refractivity contribution is 0.0953.